The molecule has 0 spiro atoms. The van der Waals surface area contributed by atoms with E-state index in [-0.39, 0.29) is 11.9 Å². The Bertz CT molecular complexity index is 551. The Labute approximate surface area is 136 Å². The number of ether oxygens (including phenoxy) is 2. The minimum atomic E-state index is -0.591. The normalized spacial score (nSPS) is 19.3. The van der Waals surface area contributed by atoms with Gasteiger partial charge in [-0.1, -0.05) is 0 Å². The molecule has 0 saturated carbocycles. The first-order valence-electron chi connectivity index (χ1n) is 7.88. The molecular formula is C17H25FN2O3. The fourth-order valence-corrected chi connectivity index (χ4v) is 2.47. The molecule has 1 fully saturated rings. The standard InChI is InChI=1S/C17H25FN2O3/c1-11(12-7-8-22-10-12)19-15-9-13(18)5-6-14(15)20-16(21)23-17(2,3)4/h5-6,9,11-12,19H,7-8,10H2,1-4H3,(H,20,21). The molecule has 1 aromatic carbocycles. The smallest absolute Gasteiger partial charge is 0.412 e. The molecule has 0 bridgehead atoms. The molecule has 0 aliphatic carbocycles. The maximum atomic E-state index is 13.6. The van der Waals surface area contributed by atoms with Crippen molar-refractivity contribution in [3.8, 4) is 0 Å². The molecule has 1 amide bonds. The van der Waals surface area contributed by atoms with Crippen LogP contribution in [0.1, 0.15) is 34.1 Å². The number of rotatable bonds is 4. The summed E-state index contributed by atoms with van der Waals surface area (Å²) in [6.45, 7) is 8.85. The van der Waals surface area contributed by atoms with Crippen LogP contribution in [-0.4, -0.2) is 30.9 Å². The van der Waals surface area contributed by atoms with E-state index in [4.69, 9.17) is 9.47 Å². The summed E-state index contributed by atoms with van der Waals surface area (Å²) in [5.74, 6) is 0.00440. The summed E-state index contributed by atoms with van der Waals surface area (Å²) >= 11 is 0. The number of hydrogen-bond donors (Lipinski definition) is 2. The van der Waals surface area contributed by atoms with Crippen molar-refractivity contribution in [3.63, 3.8) is 0 Å². The lowest BCUT2D eigenvalue weighted by Crippen LogP contribution is -2.29. The van der Waals surface area contributed by atoms with Gasteiger partial charge in [-0.15, -0.1) is 0 Å². The van der Waals surface area contributed by atoms with Crippen LogP contribution in [0.2, 0.25) is 0 Å². The second-order valence-electron chi connectivity index (χ2n) is 6.87. The van der Waals surface area contributed by atoms with Crippen molar-refractivity contribution >= 4 is 17.5 Å². The largest absolute Gasteiger partial charge is 0.444 e. The summed E-state index contributed by atoms with van der Waals surface area (Å²) in [5, 5.41) is 5.94. The molecule has 1 saturated heterocycles. The minimum Gasteiger partial charge on any atom is -0.444 e. The molecule has 2 unspecified atom stereocenters. The second kappa shape index (κ2) is 7.17. The molecule has 2 atom stereocenters. The van der Waals surface area contributed by atoms with Gasteiger partial charge in [0.05, 0.1) is 18.0 Å². The van der Waals surface area contributed by atoms with Crippen molar-refractivity contribution in [2.45, 2.75) is 45.8 Å². The molecule has 0 radical (unpaired) electrons. The molecule has 0 aromatic heterocycles. The minimum absolute atomic E-state index is 0.110. The van der Waals surface area contributed by atoms with E-state index in [1.807, 2.05) is 6.92 Å². The van der Waals surface area contributed by atoms with Gasteiger partial charge in [-0.2, -0.15) is 0 Å². The Morgan fingerprint density at radius 2 is 2.13 bits per heavy atom. The van der Waals surface area contributed by atoms with E-state index in [0.29, 0.717) is 23.9 Å². The fraction of sp³-hybridized carbons (Fsp3) is 0.588. The average molecular weight is 324 g/mol. The Balaban J connectivity index is 2.08. The quantitative estimate of drug-likeness (QED) is 0.878. The highest BCUT2D eigenvalue weighted by Crippen LogP contribution is 2.27. The zero-order valence-electron chi connectivity index (χ0n) is 14.1. The highest BCUT2D eigenvalue weighted by molar-refractivity contribution is 5.89. The maximum Gasteiger partial charge on any atom is 0.412 e. The van der Waals surface area contributed by atoms with Crippen molar-refractivity contribution in [1.29, 1.82) is 0 Å². The summed E-state index contributed by atoms with van der Waals surface area (Å²) in [5.41, 5.74) is 0.438. The van der Waals surface area contributed by atoms with Crippen LogP contribution >= 0.6 is 0 Å². The van der Waals surface area contributed by atoms with Gasteiger partial charge in [0.2, 0.25) is 0 Å². The van der Waals surface area contributed by atoms with Crippen molar-refractivity contribution in [2.75, 3.05) is 23.8 Å². The van der Waals surface area contributed by atoms with Crippen LogP contribution in [0, 0.1) is 11.7 Å². The van der Waals surface area contributed by atoms with Gasteiger partial charge in [0, 0.05) is 18.6 Å². The second-order valence-corrected chi connectivity index (χ2v) is 6.87. The topological polar surface area (TPSA) is 59.6 Å². The van der Waals surface area contributed by atoms with Crippen LogP contribution in [0.15, 0.2) is 18.2 Å². The monoisotopic (exact) mass is 324 g/mol. The van der Waals surface area contributed by atoms with Gasteiger partial charge in [0.25, 0.3) is 0 Å². The first-order chi connectivity index (χ1) is 10.7. The Hall–Kier alpha value is -1.82. The molecule has 1 aliphatic rings. The van der Waals surface area contributed by atoms with Crippen LogP contribution in [0.4, 0.5) is 20.6 Å². The number of halogens is 1. The summed E-state index contributed by atoms with van der Waals surface area (Å²) in [6.07, 6.45) is 0.405. The molecule has 1 heterocycles. The van der Waals surface area contributed by atoms with Crippen LogP contribution < -0.4 is 10.6 Å². The third-order valence-corrected chi connectivity index (χ3v) is 3.67. The number of carbonyl (C=O) groups excluding carboxylic acids is 1. The molecule has 5 nitrogen and oxygen atoms in total. The highest BCUT2D eigenvalue weighted by atomic mass is 19.1. The van der Waals surface area contributed by atoms with E-state index in [2.05, 4.69) is 10.6 Å². The third kappa shape index (κ3) is 5.39. The van der Waals surface area contributed by atoms with Crippen molar-refractivity contribution in [3.05, 3.63) is 24.0 Å². The first-order valence-corrected chi connectivity index (χ1v) is 7.88. The SMILES string of the molecule is CC(Nc1cc(F)ccc1NC(=O)OC(C)(C)C)C1CCOC1. The fourth-order valence-electron chi connectivity index (χ4n) is 2.47. The van der Waals surface area contributed by atoms with E-state index in [9.17, 15) is 9.18 Å². The molecule has 128 valence electrons. The molecule has 2 N–H and O–H groups in total. The van der Waals surface area contributed by atoms with E-state index in [0.717, 1.165) is 13.0 Å². The molecule has 6 heteroatoms. The van der Waals surface area contributed by atoms with Crippen molar-refractivity contribution < 1.29 is 18.7 Å². The van der Waals surface area contributed by atoms with Gasteiger partial charge in [-0.05, 0) is 52.3 Å². The Kier molecular flexibility index (Phi) is 5.46. The lowest BCUT2D eigenvalue weighted by Gasteiger charge is -2.24. The van der Waals surface area contributed by atoms with Crippen LogP contribution in [0.5, 0.6) is 0 Å². The average Bonchev–Trinajstić information content (AvgIpc) is 2.93. The number of hydrogen-bond acceptors (Lipinski definition) is 4. The Morgan fingerprint density at radius 3 is 2.74 bits per heavy atom. The van der Waals surface area contributed by atoms with Gasteiger partial charge >= 0.3 is 6.09 Å². The van der Waals surface area contributed by atoms with E-state index >= 15 is 0 Å². The Morgan fingerprint density at radius 1 is 1.39 bits per heavy atom. The number of nitrogens with one attached hydrogen (secondary N) is 2. The van der Waals surface area contributed by atoms with Crippen LogP contribution in [0.3, 0.4) is 0 Å². The molecule has 23 heavy (non-hydrogen) atoms. The van der Waals surface area contributed by atoms with Gasteiger partial charge < -0.3 is 14.8 Å². The van der Waals surface area contributed by atoms with Crippen molar-refractivity contribution in [2.24, 2.45) is 5.92 Å². The number of amides is 1. The predicted molar refractivity (Wildman–Crippen MR) is 88.3 cm³/mol. The van der Waals surface area contributed by atoms with Crippen LogP contribution in [0.25, 0.3) is 0 Å². The summed E-state index contributed by atoms with van der Waals surface area (Å²) in [6, 6.07) is 4.32. The lowest BCUT2D eigenvalue weighted by molar-refractivity contribution is 0.0636. The summed E-state index contributed by atoms with van der Waals surface area (Å²) in [4.78, 5) is 11.9. The number of carbonyl (C=O) groups is 1. The predicted octanol–water partition coefficient (Wildman–Crippen LogP) is 4.01. The molecule has 1 aliphatic heterocycles. The number of benzene rings is 1. The highest BCUT2D eigenvalue weighted by Gasteiger charge is 2.23. The zero-order chi connectivity index (χ0) is 17.0. The third-order valence-electron chi connectivity index (χ3n) is 3.67. The summed E-state index contributed by atoms with van der Waals surface area (Å²) in [7, 11) is 0. The zero-order valence-corrected chi connectivity index (χ0v) is 14.1. The van der Waals surface area contributed by atoms with Gasteiger partial charge in [-0.25, -0.2) is 9.18 Å². The van der Waals surface area contributed by atoms with E-state index in [1.165, 1.54) is 18.2 Å². The first kappa shape index (κ1) is 17.5. The van der Waals surface area contributed by atoms with Gasteiger partial charge in [0.1, 0.15) is 11.4 Å². The van der Waals surface area contributed by atoms with Gasteiger partial charge in [-0.3, -0.25) is 5.32 Å². The molecule has 1 aromatic rings. The van der Waals surface area contributed by atoms with Crippen LogP contribution in [-0.2, 0) is 9.47 Å². The van der Waals surface area contributed by atoms with E-state index in [1.54, 1.807) is 20.8 Å². The molecular weight excluding hydrogens is 299 g/mol. The maximum absolute atomic E-state index is 13.6. The molecule has 2 rings (SSSR count). The summed E-state index contributed by atoms with van der Waals surface area (Å²) < 4.78 is 24.2. The van der Waals surface area contributed by atoms with Crippen molar-refractivity contribution in [1.82, 2.24) is 0 Å². The lowest BCUT2D eigenvalue weighted by atomic mass is 10.0. The number of anilines is 2. The van der Waals surface area contributed by atoms with Gasteiger partial charge in [0.15, 0.2) is 0 Å². The van der Waals surface area contributed by atoms with E-state index < -0.39 is 11.7 Å².